The third-order valence-electron chi connectivity index (χ3n) is 3.87. The Morgan fingerprint density at radius 3 is 2.41 bits per heavy atom. The van der Waals surface area contributed by atoms with Gasteiger partial charge in [0.25, 0.3) is 0 Å². The zero-order valence-corrected chi connectivity index (χ0v) is 11.5. The summed E-state index contributed by atoms with van der Waals surface area (Å²) in [5.74, 6) is 0.291. The Hall–Kier alpha value is -0.130. The van der Waals surface area contributed by atoms with Gasteiger partial charge in [0, 0.05) is 19.1 Å². The molecule has 17 heavy (non-hydrogen) atoms. The van der Waals surface area contributed by atoms with Crippen LogP contribution in [0, 0.1) is 0 Å². The van der Waals surface area contributed by atoms with Gasteiger partial charge in [-0.2, -0.15) is 0 Å². The van der Waals surface area contributed by atoms with Gasteiger partial charge >= 0.3 is 0 Å². The second-order valence-electron chi connectivity index (χ2n) is 5.35. The van der Waals surface area contributed by atoms with Crippen LogP contribution in [0.1, 0.15) is 44.9 Å². The van der Waals surface area contributed by atoms with Crippen molar-refractivity contribution in [2.75, 3.05) is 19.3 Å². The molecule has 0 radical (unpaired) electrons. The number of rotatable bonds is 7. The molecule has 0 bridgehead atoms. The highest BCUT2D eigenvalue weighted by molar-refractivity contribution is 7.89. The largest absolute Gasteiger partial charge is 0.314 e. The number of hydrogen-bond donors (Lipinski definition) is 1. The van der Waals surface area contributed by atoms with Crippen molar-refractivity contribution in [2.24, 2.45) is 0 Å². The van der Waals surface area contributed by atoms with Crippen LogP contribution in [-0.4, -0.2) is 44.2 Å². The maximum atomic E-state index is 12.1. The number of nitrogens with one attached hydrogen (secondary N) is 1. The van der Waals surface area contributed by atoms with E-state index in [4.69, 9.17) is 0 Å². The Bertz CT molecular complexity index is 332. The first-order valence-corrected chi connectivity index (χ1v) is 8.39. The molecule has 0 amide bonds. The van der Waals surface area contributed by atoms with Crippen molar-refractivity contribution in [3.05, 3.63) is 0 Å². The average molecular weight is 260 g/mol. The first kappa shape index (κ1) is 13.3. The lowest BCUT2D eigenvalue weighted by molar-refractivity contribution is 0.372. The molecule has 2 fully saturated rings. The Kier molecular flexibility index (Phi) is 4.44. The normalized spacial score (nSPS) is 22.5. The van der Waals surface area contributed by atoms with Crippen molar-refractivity contribution in [3.63, 3.8) is 0 Å². The van der Waals surface area contributed by atoms with E-state index >= 15 is 0 Å². The Balaban J connectivity index is 1.71. The van der Waals surface area contributed by atoms with Gasteiger partial charge in [-0.05, 0) is 38.6 Å². The molecule has 0 aromatic heterocycles. The Morgan fingerprint density at radius 2 is 1.82 bits per heavy atom. The van der Waals surface area contributed by atoms with Gasteiger partial charge in [-0.15, -0.1) is 0 Å². The average Bonchev–Trinajstić information content (AvgIpc) is 2.95. The highest BCUT2D eigenvalue weighted by Crippen LogP contribution is 2.24. The maximum Gasteiger partial charge on any atom is 0.214 e. The van der Waals surface area contributed by atoms with Crippen LogP contribution < -0.4 is 5.32 Å². The van der Waals surface area contributed by atoms with Gasteiger partial charge in [0.05, 0.1) is 5.75 Å². The van der Waals surface area contributed by atoms with Crippen LogP contribution in [0.3, 0.4) is 0 Å². The summed E-state index contributed by atoms with van der Waals surface area (Å²) in [5.41, 5.74) is 0. The number of hydrogen-bond acceptors (Lipinski definition) is 3. The highest BCUT2D eigenvalue weighted by Gasteiger charge is 2.28. The molecule has 2 saturated carbocycles. The Morgan fingerprint density at radius 1 is 1.18 bits per heavy atom. The third-order valence-corrected chi connectivity index (χ3v) is 5.85. The fourth-order valence-electron chi connectivity index (χ4n) is 2.49. The SMILES string of the molecule is CN(C1CCCC1)S(=O)(=O)CCCNC1CC1. The molecular weight excluding hydrogens is 236 g/mol. The van der Waals surface area contributed by atoms with Crippen LogP contribution in [0.5, 0.6) is 0 Å². The summed E-state index contributed by atoms with van der Waals surface area (Å²) in [5, 5.41) is 3.35. The first-order chi connectivity index (χ1) is 8.09. The molecule has 2 aliphatic carbocycles. The standard InChI is InChI=1S/C12H24N2O2S/c1-14(12-5-2-3-6-12)17(15,16)10-4-9-13-11-7-8-11/h11-13H,2-10H2,1H3. The van der Waals surface area contributed by atoms with Gasteiger partial charge < -0.3 is 5.32 Å². The maximum absolute atomic E-state index is 12.1. The van der Waals surface area contributed by atoms with Crippen LogP contribution in [-0.2, 0) is 10.0 Å². The minimum absolute atomic E-state index is 0.261. The van der Waals surface area contributed by atoms with E-state index in [1.807, 2.05) is 0 Å². The predicted molar refractivity (Wildman–Crippen MR) is 69.4 cm³/mol. The molecule has 4 nitrogen and oxygen atoms in total. The van der Waals surface area contributed by atoms with E-state index in [2.05, 4.69) is 5.32 Å². The number of nitrogens with zero attached hydrogens (tertiary/aromatic N) is 1. The Labute approximate surface area is 105 Å². The molecule has 0 heterocycles. The van der Waals surface area contributed by atoms with Gasteiger partial charge in [0.1, 0.15) is 0 Å². The molecule has 0 atom stereocenters. The summed E-state index contributed by atoms with van der Waals surface area (Å²) in [7, 11) is -1.28. The van der Waals surface area contributed by atoms with Gasteiger partial charge in [0.2, 0.25) is 10.0 Å². The summed E-state index contributed by atoms with van der Waals surface area (Å²) in [6.07, 6.45) is 7.67. The molecule has 0 saturated heterocycles. The summed E-state index contributed by atoms with van der Waals surface area (Å²) in [4.78, 5) is 0. The molecule has 0 aliphatic heterocycles. The molecule has 0 unspecified atom stereocenters. The summed E-state index contributed by atoms with van der Waals surface area (Å²) in [6.45, 7) is 0.836. The van der Waals surface area contributed by atoms with Crippen LogP contribution in [0.2, 0.25) is 0 Å². The van der Waals surface area contributed by atoms with E-state index in [1.54, 1.807) is 11.4 Å². The molecule has 2 aliphatic rings. The van der Waals surface area contributed by atoms with Gasteiger partial charge in [-0.3, -0.25) is 0 Å². The minimum atomic E-state index is -3.03. The van der Waals surface area contributed by atoms with E-state index in [-0.39, 0.29) is 6.04 Å². The lowest BCUT2D eigenvalue weighted by atomic mass is 10.3. The molecule has 0 spiro atoms. The highest BCUT2D eigenvalue weighted by atomic mass is 32.2. The molecular formula is C12H24N2O2S. The third kappa shape index (κ3) is 3.93. The lowest BCUT2D eigenvalue weighted by Crippen LogP contribution is -2.37. The second-order valence-corrected chi connectivity index (χ2v) is 7.50. The molecule has 2 rings (SSSR count). The summed E-state index contributed by atoms with van der Waals surface area (Å²) < 4.78 is 25.8. The molecule has 0 aromatic rings. The number of sulfonamides is 1. The minimum Gasteiger partial charge on any atom is -0.314 e. The van der Waals surface area contributed by atoms with Crippen molar-refractivity contribution in [1.29, 1.82) is 0 Å². The van der Waals surface area contributed by atoms with Gasteiger partial charge in [0.15, 0.2) is 0 Å². The molecule has 1 N–H and O–H groups in total. The van der Waals surface area contributed by atoms with Crippen LogP contribution in [0.15, 0.2) is 0 Å². The van der Waals surface area contributed by atoms with E-state index in [1.165, 1.54) is 25.7 Å². The summed E-state index contributed by atoms with van der Waals surface area (Å²) in [6, 6.07) is 0.932. The van der Waals surface area contributed by atoms with Crippen LogP contribution in [0.4, 0.5) is 0 Å². The van der Waals surface area contributed by atoms with Crippen molar-refractivity contribution in [3.8, 4) is 0 Å². The quantitative estimate of drug-likeness (QED) is 0.703. The monoisotopic (exact) mass is 260 g/mol. The molecule has 0 aromatic carbocycles. The zero-order valence-electron chi connectivity index (χ0n) is 10.7. The van der Waals surface area contributed by atoms with E-state index < -0.39 is 10.0 Å². The van der Waals surface area contributed by atoms with Crippen molar-refractivity contribution < 1.29 is 8.42 Å². The fraction of sp³-hybridized carbons (Fsp3) is 1.00. The smallest absolute Gasteiger partial charge is 0.214 e. The van der Waals surface area contributed by atoms with E-state index in [9.17, 15) is 8.42 Å². The fourth-order valence-corrected chi connectivity index (χ4v) is 3.95. The van der Waals surface area contributed by atoms with Gasteiger partial charge in [-0.1, -0.05) is 12.8 Å². The van der Waals surface area contributed by atoms with E-state index in [0.29, 0.717) is 11.8 Å². The van der Waals surface area contributed by atoms with E-state index in [0.717, 1.165) is 25.8 Å². The van der Waals surface area contributed by atoms with Crippen LogP contribution >= 0.6 is 0 Å². The van der Waals surface area contributed by atoms with Gasteiger partial charge in [-0.25, -0.2) is 12.7 Å². The molecule has 100 valence electrons. The topological polar surface area (TPSA) is 49.4 Å². The summed E-state index contributed by atoms with van der Waals surface area (Å²) >= 11 is 0. The second kappa shape index (κ2) is 5.67. The zero-order chi connectivity index (χ0) is 12.3. The predicted octanol–water partition coefficient (Wildman–Crippen LogP) is 1.33. The van der Waals surface area contributed by atoms with Crippen molar-refractivity contribution >= 4 is 10.0 Å². The van der Waals surface area contributed by atoms with Crippen molar-refractivity contribution in [1.82, 2.24) is 9.62 Å². The van der Waals surface area contributed by atoms with Crippen molar-refractivity contribution in [2.45, 2.75) is 57.0 Å². The molecule has 5 heteroatoms. The lowest BCUT2D eigenvalue weighted by Gasteiger charge is -2.23. The first-order valence-electron chi connectivity index (χ1n) is 6.79. The van der Waals surface area contributed by atoms with Crippen LogP contribution in [0.25, 0.3) is 0 Å².